The molecule has 1 heterocycles. The quantitative estimate of drug-likeness (QED) is 0.871. The first-order chi connectivity index (χ1) is 8.65. The average molecular weight is 253 g/mol. The first-order valence-electron chi connectivity index (χ1n) is 6.24. The molecule has 0 aromatic heterocycles. The van der Waals surface area contributed by atoms with Crippen molar-refractivity contribution in [2.24, 2.45) is 0 Å². The summed E-state index contributed by atoms with van der Waals surface area (Å²) in [6.07, 6.45) is 0.902. The predicted octanol–water partition coefficient (Wildman–Crippen LogP) is 2.03. The summed E-state index contributed by atoms with van der Waals surface area (Å²) in [5.41, 5.74) is 1.41. The zero-order valence-corrected chi connectivity index (χ0v) is 11.0. The molecule has 3 nitrogen and oxygen atoms in total. The number of rotatable bonds is 5. The maximum atomic E-state index is 13.4. The summed E-state index contributed by atoms with van der Waals surface area (Å²) < 4.78 is 24.3. The highest BCUT2D eigenvalue weighted by Gasteiger charge is 2.34. The van der Waals surface area contributed by atoms with Gasteiger partial charge < -0.3 is 14.8 Å². The van der Waals surface area contributed by atoms with Crippen molar-refractivity contribution in [1.82, 2.24) is 5.32 Å². The summed E-state index contributed by atoms with van der Waals surface area (Å²) >= 11 is 0. The van der Waals surface area contributed by atoms with E-state index in [4.69, 9.17) is 9.47 Å². The van der Waals surface area contributed by atoms with Gasteiger partial charge in [-0.05, 0) is 24.1 Å². The van der Waals surface area contributed by atoms with Gasteiger partial charge in [-0.25, -0.2) is 4.39 Å². The maximum absolute atomic E-state index is 13.4. The van der Waals surface area contributed by atoms with E-state index in [1.165, 1.54) is 0 Å². The average Bonchev–Trinajstić information content (AvgIpc) is 2.83. The number of benzene rings is 1. The summed E-state index contributed by atoms with van der Waals surface area (Å²) in [6, 6.07) is 5.32. The number of nitrogens with one attached hydrogen (secondary N) is 1. The summed E-state index contributed by atoms with van der Waals surface area (Å²) in [4.78, 5) is 0. The highest BCUT2D eigenvalue weighted by Crippen LogP contribution is 2.21. The smallest absolute Gasteiger partial charge is 0.126 e. The fourth-order valence-corrected chi connectivity index (χ4v) is 2.14. The van der Waals surface area contributed by atoms with E-state index in [0.29, 0.717) is 18.7 Å². The van der Waals surface area contributed by atoms with Crippen molar-refractivity contribution >= 4 is 0 Å². The number of halogens is 1. The lowest BCUT2D eigenvalue weighted by atomic mass is 10.0. The number of hydrogen-bond donors (Lipinski definition) is 1. The summed E-state index contributed by atoms with van der Waals surface area (Å²) in [5.74, 6) is -0.153. The van der Waals surface area contributed by atoms with Gasteiger partial charge in [0.25, 0.3) is 0 Å². The molecule has 0 saturated carbocycles. The van der Waals surface area contributed by atoms with Crippen LogP contribution in [0.2, 0.25) is 0 Å². The molecule has 1 aliphatic heterocycles. The molecule has 1 saturated heterocycles. The van der Waals surface area contributed by atoms with E-state index < -0.39 is 0 Å². The lowest BCUT2D eigenvalue weighted by Gasteiger charge is -2.26. The molecule has 0 amide bonds. The molecule has 4 heteroatoms. The summed E-state index contributed by atoms with van der Waals surface area (Å²) in [5, 5.41) is 3.31. The predicted molar refractivity (Wildman–Crippen MR) is 68.0 cm³/mol. The molecule has 1 unspecified atom stereocenters. The second-order valence-electron chi connectivity index (χ2n) is 4.88. The van der Waals surface area contributed by atoms with E-state index in [-0.39, 0.29) is 11.4 Å². The monoisotopic (exact) mass is 253 g/mol. The molecule has 0 spiro atoms. The number of ether oxygens (including phenoxy) is 2. The topological polar surface area (TPSA) is 30.5 Å². The second kappa shape index (κ2) is 5.78. The van der Waals surface area contributed by atoms with Gasteiger partial charge in [0.05, 0.1) is 6.61 Å². The Morgan fingerprint density at radius 3 is 2.94 bits per heavy atom. The van der Waals surface area contributed by atoms with Crippen LogP contribution in [0.4, 0.5) is 4.39 Å². The van der Waals surface area contributed by atoms with Gasteiger partial charge >= 0.3 is 0 Å². The molecular weight excluding hydrogens is 233 g/mol. The lowest BCUT2D eigenvalue weighted by molar-refractivity contribution is -0.0159. The maximum Gasteiger partial charge on any atom is 0.126 e. The van der Waals surface area contributed by atoms with Gasteiger partial charge in [-0.1, -0.05) is 12.1 Å². The van der Waals surface area contributed by atoms with Crippen molar-refractivity contribution in [3.8, 4) is 0 Å². The molecular formula is C14H20FNO2. The standard InChI is InChI=1S/C14H20FNO2/c1-11-3-4-12(7-13(11)15)8-16-9-14(17-2)5-6-18-10-14/h3-4,7,16H,5-6,8-10H2,1-2H3. The minimum atomic E-state index is -0.219. The van der Waals surface area contributed by atoms with Gasteiger partial charge in [-0.3, -0.25) is 0 Å². The number of methoxy groups -OCH3 is 1. The number of hydrogen-bond acceptors (Lipinski definition) is 3. The zero-order chi connectivity index (χ0) is 13.0. The van der Waals surface area contributed by atoms with Crippen LogP contribution in [0.15, 0.2) is 18.2 Å². The van der Waals surface area contributed by atoms with Crippen LogP contribution in [0.3, 0.4) is 0 Å². The Kier molecular flexibility index (Phi) is 4.32. The van der Waals surface area contributed by atoms with Gasteiger partial charge in [0, 0.05) is 33.2 Å². The molecule has 1 atom stereocenters. The SMILES string of the molecule is COC1(CNCc2ccc(C)c(F)c2)CCOC1. The first kappa shape index (κ1) is 13.5. The summed E-state index contributed by atoms with van der Waals surface area (Å²) in [6.45, 7) is 4.50. The Balaban J connectivity index is 1.86. The van der Waals surface area contributed by atoms with Crippen LogP contribution in [0, 0.1) is 12.7 Å². The molecule has 1 fully saturated rings. The fourth-order valence-electron chi connectivity index (χ4n) is 2.14. The van der Waals surface area contributed by atoms with E-state index in [2.05, 4.69) is 5.32 Å². The van der Waals surface area contributed by atoms with Crippen LogP contribution in [-0.4, -0.2) is 32.5 Å². The Morgan fingerprint density at radius 2 is 2.33 bits per heavy atom. The molecule has 0 bridgehead atoms. The fraction of sp³-hybridized carbons (Fsp3) is 0.571. The Morgan fingerprint density at radius 1 is 1.50 bits per heavy atom. The van der Waals surface area contributed by atoms with Crippen molar-refractivity contribution in [2.45, 2.75) is 25.5 Å². The molecule has 100 valence electrons. The van der Waals surface area contributed by atoms with Gasteiger partial charge in [0.15, 0.2) is 0 Å². The van der Waals surface area contributed by atoms with Crippen molar-refractivity contribution in [2.75, 3.05) is 26.9 Å². The molecule has 0 aliphatic carbocycles. The Labute approximate surface area is 107 Å². The largest absolute Gasteiger partial charge is 0.378 e. The van der Waals surface area contributed by atoms with Gasteiger partial charge in [-0.15, -0.1) is 0 Å². The van der Waals surface area contributed by atoms with E-state index >= 15 is 0 Å². The zero-order valence-electron chi connectivity index (χ0n) is 11.0. The number of aryl methyl sites for hydroxylation is 1. The van der Waals surface area contributed by atoms with Crippen molar-refractivity contribution in [3.63, 3.8) is 0 Å². The van der Waals surface area contributed by atoms with Crippen molar-refractivity contribution in [3.05, 3.63) is 35.1 Å². The van der Waals surface area contributed by atoms with E-state index in [9.17, 15) is 4.39 Å². The van der Waals surface area contributed by atoms with Gasteiger partial charge in [0.1, 0.15) is 11.4 Å². The minimum absolute atomic E-state index is 0.153. The lowest BCUT2D eigenvalue weighted by Crippen LogP contribution is -2.42. The molecule has 1 N–H and O–H groups in total. The Hall–Kier alpha value is -0.970. The van der Waals surface area contributed by atoms with Gasteiger partial charge in [0.2, 0.25) is 0 Å². The summed E-state index contributed by atoms with van der Waals surface area (Å²) in [7, 11) is 1.71. The normalized spacial score (nSPS) is 23.5. The van der Waals surface area contributed by atoms with Crippen LogP contribution < -0.4 is 5.32 Å². The Bertz CT molecular complexity index is 403. The van der Waals surface area contributed by atoms with Crippen LogP contribution in [0.5, 0.6) is 0 Å². The van der Waals surface area contributed by atoms with Crippen LogP contribution in [0.25, 0.3) is 0 Å². The first-order valence-corrected chi connectivity index (χ1v) is 6.24. The third-order valence-corrected chi connectivity index (χ3v) is 3.51. The van der Waals surface area contributed by atoms with Gasteiger partial charge in [-0.2, -0.15) is 0 Å². The third-order valence-electron chi connectivity index (χ3n) is 3.51. The van der Waals surface area contributed by atoms with E-state index in [1.807, 2.05) is 6.07 Å². The third kappa shape index (κ3) is 3.07. The molecule has 0 radical (unpaired) electrons. The molecule has 2 rings (SSSR count). The van der Waals surface area contributed by atoms with Crippen LogP contribution in [0.1, 0.15) is 17.5 Å². The molecule has 1 aromatic rings. The molecule has 18 heavy (non-hydrogen) atoms. The highest BCUT2D eigenvalue weighted by molar-refractivity contribution is 5.23. The van der Waals surface area contributed by atoms with E-state index in [0.717, 1.165) is 25.1 Å². The van der Waals surface area contributed by atoms with Crippen molar-refractivity contribution < 1.29 is 13.9 Å². The van der Waals surface area contributed by atoms with Crippen LogP contribution >= 0.6 is 0 Å². The molecule has 1 aromatic carbocycles. The highest BCUT2D eigenvalue weighted by atomic mass is 19.1. The minimum Gasteiger partial charge on any atom is -0.378 e. The molecule has 1 aliphatic rings. The van der Waals surface area contributed by atoms with Crippen molar-refractivity contribution in [1.29, 1.82) is 0 Å². The second-order valence-corrected chi connectivity index (χ2v) is 4.88. The van der Waals surface area contributed by atoms with Crippen LogP contribution in [-0.2, 0) is 16.0 Å². The van der Waals surface area contributed by atoms with E-state index in [1.54, 1.807) is 26.2 Å².